The molecule has 1 aromatic carbocycles. The average Bonchev–Trinajstić information content (AvgIpc) is 3.11. The number of esters is 1. The number of carbonyl (C=O) groups is 1. The Morgan fingerprint density at radius 2 is 2.09 bits per heavy atom. The van der Waals surface area contributed by atoms with Gasteiger partial charge < -0.3 is 18.8 Å². The van der Waals surface area contributed by atoms with E-state index >= 15 is 0 Å². The second-order valence-corrected chi connectivity index (χ2v) is 9.12. The number of nitrogens with zero attached hydrogens (tertiary/aromatic N) is 3. The Morgan fingerprint density at radius 1 is 1.17 bits per heavy atom. The van der Waals surface area contributed by atoms with Crippen LogP contribution in [-0.4, -0.2) is 59.9 Å². The van der Waals surface area contributed by atoms with E-state index in [9.17, 15) is 9.59 Å². The molecular weight excluding hydrogens is 446 g/mol. The molecule has 2 aliphatic heterocycles. The zero-order valence-corrected chi connectivity index (χ0v) is 20.1. The maximum atomic E-state index is 13.1. The molecule has 2 aromatic heterocycles. The minimum atomic E-state index is -0.484. The molecule has 35 heavy (non-hydrogen) atoms. The molecule has 0 bridgehead atoms. The number of aromatic nitrogens is 2. The first-order chi connectivity index (χ1) is 17.1. The van der Waals surface area contributed by atoms with Gasteiger partial charge in [0.2, 0.25) is 0 Å². The molecule has 2 aliphatic rings. The van der Waals surface area contributed by atoms with Gasteiger partial charge in [-0.2, -0.15) is 0 Å². The Hall–Kier alpha value is -3.23. The van der Waals surface area contributed by atoms with Crippen molar-refractivity contribution in [1.29, 1.82) is 0 Å². The van der Waals surface area contributed by atoms with Crippen molar-refractivity contribution in [2.75, 3.05) is 33.4 Å². The lowest BCUT2D eigenvalue weighted by molar-refractivity contribution is -0.0114. The summed E-state index contributed by atoms with van der Waals surface area (Å²) in [5.74, 6) is -0.197. The molecule has 5 rings (SSSR count). The van der Waals surface area contributed by atoms with Gasteiger partial charge in [-0.1, -0.05) is 18.2 Å². The second-order valence-electron chi connectivity index (χ2n) is 9.12. The summed E-state index contributed by atoms with van der Waals surface area (Å²) in [6.07, 6.45) is 5.37. The summed E-state index contributed by atoms with van der Waals surface area (Å²) in [7, 11) is 1.36. The van der Waals surface area contributed by atoms with Gasteiger partial charge in [0.05, 0.1) is 18.7 Å². The molecule has 0 aliphatic carbocycles. The second kappa shape index (κ2) is 10.6. The van der Waals surface area contributed by atoms with Crippen molar-refractivity contribution in [2.24, 2.45) is 0 Å². The Morgan fingerprint density at radius 3 is 2.91 bits per heavy atom. The van der Waals surface area contributed by atoms with Crippen LogP contribution >= 0.6 is 0 Å². The van der Waals surface area contributed by atoms with E-state index in [1.807, 2.05) is 18.2 Å². The van der Waals surface area contributed by atoms with Gasteiger partial charge in [-0.15, -0.1) is 0 Å². The van der Waals surface area contributed by atoms with E-state index in [0.29, 0.717) is 50.5 Å². The van der Waals surface area contributed by atoms with Gasteiger partial charge in [0.1, 0.15) is 17.9 Å². The van der Waals surface area contributed by atoms with Crippen molar-refractivity contribution in [1.82, 2.24) is 14.5 Å². The number of benzene rings is 1. The molecule has 0 radical (unpaired) electrons. The van der Waals surface area contributed by atoms with Crippen molar-refractivity contribution < 1.29 is 19.0 Å². The summed E-state index contributed by atoms with van der Waals surface area (Å²) in [4.78, 5) is 32.7. The van der Waals surface area contributed by atoms with Crippen molar-refractivity contribution >= 4 is 16.9 Å². The Bertz CT molecular complexity index is 1260. The van der Waals surface area contributed by atoms with Crippen LogP contribution < -0.4 is 10.3 Å². The van der Waals surface area contributed by atoms with Gasteiger partial charge >= 0.3 is 5.97 Å². The third-order valence-electron chi connectivity index (χ3n) is 6.90. The normalized spacial score (nSPS) is 18.6. The summed E-state index contributed by atoms with van der Waals surface area (Å²) in [6.45, 7) is 3.66. The molecule has 0 N–H and O–H groups in total. The van der Waals surface area contributed by atoms with E-state index in [0.717, 1.165) is 36.7 Å². The van der Waals surface area contributed by atoms with E-state index in [4.69, 9.17) is 14.2 Å². The van der Waals surface area contributed by atoms with Crippen LogP contribution in [0.1, 0.15) is 40.9 Å². The lowest BCUT2D eigenvalue weighted by atomic mass is 10.1. The first kappa shape index (κ1) is 23.5. The molecule has 8 heteroatoms. The number of pyridine rings is 2. The highest BCUT2D eigenvalue weighted by Crippen LogP contribution is 2.26. The molecule has 4 heterocycles. The van der Waals surface area contributed by atoms with E-state index in [2.05, 4.69) is 22.0 Å². The smallest absolute Gasteiger partial charge is 0.343 e. The van der Waals surface area contributed by atoms with Gasteiger partial charge in [-0.05, 0) is 37.0 Å². The van der Waals surface area contributed by atoms with E-state index in [1.54, 1.807) is 10.8 Å². The lowest BCUT2D eigenvalue weighted by Gasteiger charge is -2.24. The molecule has 0 unspecified atom stereocenters. The molecular formula is C27H31N3O5. The molecule has 0 spiro atoms. The predicted molar refractivity (Wildman–Crippen MR) is 132 cm³/mol. The Balaban J connectivity index is 1.39. The first-order valence-corrected chi connectivity index (χ1v) is 12.3. The Labute approximate surface area is 204 Å². The summed E-state index contributed by atoms with van der Waals surface area (Å²) in [6, 6.07) is 11.6. The summed E-state index contributed by atoms with van der Waals surface area (Å²) in [5, 5.41) is 1.13. The molecule has 184 valence electrons. The van der Waals surface area contributed by atoms with Gasteiger partial charge in [-0.3, -0.25) is 14.7 Å². The van der Waals surface area contributed by atoms with Crippen molar-refractivity contribution in [2.45, 2.75) is 44.9 Å². The summed E-state index contributed by atoms with van der Waals surface area (Å²) < 4.78 is 18.5. The fraction of sp³-hybridized carbons (Fsp3) is 0.444. The Kier molecular flexibility index (Phi) is 7.11. The predicted octanol–water partition coefficient (Wildman–Crippen LogP) is 3.19. The topological polar surface area (TPSA) is 82.9 Å². The van der Waals surface area contributed by atoms with Gasteiger partial charge in [-0.25, -0.2) is 4.79 Å². The van der Waals surface area contributed by atoms with Crippen molar-refractivity contribution in [3.8, 4) is 5.75 Å². The van der Waals surface area contributed by atoms with Crippen LogP contribution in [-0.2, 0) is 29.0 Å². The molecule has 8 nitrogen and oxygen atoms in total. The highest BCUT2D eigenvalue weighted by Gasteiger charge is 2.27. The van der Waals surface area contributed by atoms with Crippen LogP contribution in [0.4, 0.5) is 0 Å². The van der Waals surface area contributed by atoms with Crippen LogP contribution in [0.25, 0.3) is 10.9 Å². The fourth-order valence-corrected chi connectivity index (χ4v) is 5.05. The highest BCUT2D eigenvalue weighted by atomic mass is 16.5. The monoisotopic (exact) mass is 477 g/mol. The number of carbonyl (C=O) groups excluding carboxylic acids is 1. The van der Waals surface area contributed by atoms with E-state index in [1.165, 1.54) is 18.7 Å². The average molecular weight is 478 g/mol. The van der Waals surface area contributed by atoms with Crippen LogP contribution in [0, 0.1) is 0 Å². The minimum Gasteiger partial charge on any atom is -0.490 e. The van der Waals surface area contributed by atoms with E-state index in [-0.39, 0.29) is 17.4 Å². The molecule has 0 amide bonds. The van der Waals surface area contributed by atoms with Gasteiger partial charge in [0.25, 0.3) is 5.56 Å². The minimum absolute atomic E-state index is 0.0264. The van der Waals surface area contributed by atoms with Crippen molar-refractivity contribution in [3.05, 3.63) is 69.8 Å². The maximum absolute atomic E-state index is 13.1. The molecule has 0 saturated carbocycles. The quantitative estimate of drug-likeness (QED) is 0.504. The SMILES string of the molecule is COC(=O)c1c(OC[C@@H]2CCCCO2)cc(=O)n2c1CCN(Cc1cccc3ncccc13)CC2. The zero-order chi connectivity index (χ0) is 24.2. The largest absolute Gasteiger partial charge is 0.490 e. The summed E-state index contributed by atoms with van der Waals surface area (Å²) >= 11 is 0. The number of hydrogen-bond acceptors (Lipinski definition) is 7. The number of methoxy groups -OCH3 is 1. The first-order valence-electron chi connectivity index (χ1n) is 12.3. The maximum Gasteiger partial charge on any atom is 0.343 e. The summed E-state index contributed by atoms with van der Waals surface area (Å²) in [5.41, 5.74) is 3.02. The number of fused-ring (bicyclic) bond motifs is 2. The van der Waals surface area contributed by atoms with Gasteiger partial charge in [0.15, 0.2) is 0 Å². The molecule has 1 saturated heterocycles. The molecule has 1 atom stereocenters. The third-order valence-corrected chi connectivity index (χ3v) is 6.90. The molecule has 1 fully saturated rings. The number of rotatable bonds is 6. The van der Waals surface area contributed by atoms with Crippen molar-refractivity contribution in [3.63, 3.8) is 0 Å². The number of ether oxygens (including phenoxy) is 3. The van der Waals surface area contributed by atoms with Crippen LogP contribution in [0.5, 0.6) is 5.75 Å². The van der Waals surface area contributed by atoms with Crippen LogP contribution in [0.15, 0.2) is 47.4 Å². The zero-order valence-electron chi connectivity index (χ0n) is 20.1. The third kappa shape index (κ3) is 5.09. The van der Waals surface area contributed by atoms with Crippen LogP contribution in [0.3, 0.4) is 0 Å². The fourth-order valence-electron chi connectivity index (χ4n) is 5.05. The number of hydrogen-bond donors (Lipinski definition) is 0. The highest BCUT2D eigenvalue weighted by molar-refractivity contribution is 5.93. The molecule has 3 aromatic rings. The van der Waals surface area contributed by atoms with Gasteiger partial charge in [0, 0.05) is 62.6 Å². The standard InChI is InChI=1S/C27H31N3O5/c1-33-27(32)26-23-10-12-29(17-19-6-4-9-22-21(19)8-5-11-28-22)13-14-30(23)25(31)16-24(26)35-18-20-7-2-3-15-34-20/h4-6,8-9,11,16,20H,2-3,7,10,12-15,17-18H2,1H3/t20-/m0/s1. The van der Waals surface area contributed by atoms with E-state index < -0.39 is 5.97 Å². The lowest BCUT2D eigenvalue weighted by Crippen LogP contribution is -2.30. The van der Waals surface area contributed by atoms with Crippen LogP contribution in [0.2, 0.25) is 0 Å².